The smallest absolute Gasteiger partial charge is 0.255 e. The van der Waals surface area contributed by atoms with Gasteiger partial charge in [0, 0.05) is 22.4 Å². The number of hydrogen-bond acceptors (Lipinski definition) is 3. The van der Waals surface area contributed by atoms with Gasteiger partial charge in [-0.05, 0) is 60.7 Å². The number of carbonyl (C=O) groups excluding carboxylic acids is 1. The zero-order chi connectivity index (χ0) is 18.6. The van der Waals surface area contributed by atoms with Crippen molar-refractivity contribution in [2.75, 3.05) is 5.32 Å². The first-order valence-electron chi connectivity index (χ1n) is 8.37. The number of rotatable bonds is 4. The number of aromatic nitrogens is 1. The molecule has 5 heteroatoms. The van der Waals surface area contributed by atoms with E-state index in [0.29, 0.717) is 22.8 Å². The Morgan fingerprint density at radius 1 is 0.852 bits per heavy atom. The summed E-state index contributed by atoms with van der Waals surface area (Å²) in [6.45, 7) is 0. The highest BCUT2D eigenvalue weighted by Crippen LogP contribution is 2.26. The van der Waals surface area contributed by atoms with E-state index in [1.54, 1.807) is 36.4 Å². The summed E-state index contributed by atoms with van der Waals surface area (Å²) < 4.78 is 18.6. The summed E-state index contributed by atoms with van der Waals surface area (Å²) in [7, 11) is 0. The standard InChI is InChI=1S/C22H15FN2O2/c23-18-10-6-15(7-11-18)20-14-27-22(25-20)17-8-12-19(13-9-17)24-21(26)16-4-2-1-3-5-16/h1-14H,(H,24,26). The predicted octanol–water partition coefficient (Wildman–Crippen LogP) is 5.40. The second kappa shape index (κ2) is 7.25. The van der Waals surface area contributed by atoms with Gasteiger partial charge in [-0.3, -0.25) is 4.79 Å². The van der Waals surface area contributed by atoms with Gasteiger partial charge in [-0.2, -0.15) is 0 Å². The number of halogens is 1. The van der Waals surface area contributed by atoms with Crippen LogP contribution in [0.1, 0.15) is 10.4 Å². The lowest BCUT2D eigenvalue weighted by molar-refractivity contribution is 0.102. The van der Waals surface area contributed by atoms with Gasteiger partial charge in [0.2, 0.25) is 5.89 Å². The molecule has 4 aromatic rings. The van der Waals surface area contributed by atoms with Gasteiger partial charge in [-0.25, -0.2) is 9.37 Å². The molecule has 4 nitrogen and oxygen atoms in total. The molecule has 0 aliphatic heterocycles. The van der Waals surface area contributed by atoms with E-state index in [9.17, 15) is 9.18 Å². The third kappa shape index (κ3) is 3.77. The van der Waals surface area contributed by atoms with Crippen LogP contribution in [0.5, 0.6) is 0 Å². The van der Waals surface area contributed by atoms with Crippen LogP contribution in [0.3, 0.4) is 0 Å². The molecule has 4 rings (SSSR count). The van der Waals surface area contributed by atoms with E-state index < -0.39 is 0 Å². The van der Waals surface area contributed by atoms with Gasteiger partial charge in [0.1, 0.15) is 17.8 Å². The molecule has 1 amide bonds. The average Bonchev–Trinajstić information content (AvgIpc) is 3.20. The van der Waals surface area contributed by atoms with Gasteiger partial charge in [0.25, 0.3) is 5.91 Å². The van der Waals surface area contributed by atoms with Crippen LogP contribution >= 0.6 is 0 Å². The number of nitrogens with zero attached hydrogens (tertiary/aromatic N) is 1. The van der Waals surface area contributed by atoms with E-state index in [2.05, 4.69) is 10.3 Å². The first kappa shape index (κ1) is 16.7. The first-order chi connectivity index (χ1) is 13.2. The quantitative estimate of drug-likeness (QED) is 0.531. The van der Waals surface area contributed by atoms with Crippen molar-refractivity contribution in [3.8, 4) is 22.7 Å². The average molecular weight is 358 g/mol. The summed E-state index contributed by atoms with van der Waals surface area (Å²) in [5.41, 5.74) is 3.46. The van der Waals surface area contributed by atoms with Gasteiger partial charge in [-0.1, -0.05) is 18.2 Å². The zero-order valence-electron chi connectivity index (χ0n) is 14.2. The summed E-state index contributed by atoms with van der Waals surface area (Å²) in [6, 6.07) is 22.3. The lowest BCUT2D eigenvalue weighted by atomic mass is 10.1. The van der Waals surface area contributed by atoms with E-state index in [-0.39, 0.29) is 11.7 Å². The first-order valence-corrected chi connectivity index (χ1v) is 8.37. The van der Waals surface area contributed by atoms with Crippen molar-refractivity contribution in [3.05, 3.63) is 96.5 Å². The fourth-order valence-corrected chi connectivity index (χ4v) is 2.65. The van der Waals surface area contributed by atoms with Gasteiger partial charge >= 0.3 is 0 Å². The van der Waals surface area contributed by atoms with Crippen LogP contribution in [-0.4, -0.2) is 10.9 Å². The maximum atomic E-state index is 13.0. The molecule has 1 N–H and O–H groups in total. The van der Waals surface area contributed by atoms with Gasteiger partial charge in [0.15, 0.2) is 0 Å². The number of oxazole rings is 1. The summed E-state index contributed by atoms with van der Waals surface area (Å²) in [5.74, 6) is -0.0102. The second-order valence-corrected chi connectivity index (χ2v) is 5.94. The summed E-state index contributed by atoms with van der Waals surface area (Å²) >= 11 is 0. The number of anilines is 1. The summed E-state index contributed by atoms with van der Waals surface area (Å²) in [4.78, 5) is 16.6. The van der Waals surface area contributed by atoms with Crippen LogP contribution in [0.4, 0.5) is 10.1 Å². The molecule has 0 radical (unpaired) electrons. The van der Waals surface area contributed by atoms with Crippen molar-refractivity contribution in [1.29, 1.82) is 0 Å². The van der Waals surface area contributed by atoms with Crippen molar-refractivity contribution in [2.45, 2.75) is 0 Å². The molecule has 132 valence electrons. The largest absolute Gasteiger partial charge is 0.444 e. The molecule has 0 saturated heterocycles. The predicted molar refractivity (Wildman–Crippen MR) is 102 cm³/mol. The second-order valence-electron chi connectivity index (χ2n) is 5.94. The SMILES string of the molecule is O=C(Nc1ccc(-c2nc(-c3ccc(F)cc3)co2)cc1)c1ccccc1. The summed E-state index contributed by atoms with van der Waals surface area (Å²) in [5, 5.41) is 2.85. The lowest BCUT2D eigenvalue weighted by Gasteiger charge is -2.05. The van der Waals surface area contributed by atoms with Crippen LogP contribution in [0, 0.1) is 5.82 Å². The van der Waals surface area contributed by atoms with Crippen molar-refractivity contribution in [2.24, 2.45) is 0 Å². The molecule has 0 saturated carbocycles. The minimum absolute atomic E-state index is 0.168. The van der Waals surface area contributed by atoms with Crippen LogP contribution in [-0.2, 0) is 0 Å². The Kier molecular flexibility index (Phi) is 4.49. The molecule has 0 aliphatic rings. The molecule has 0 spiro atoms. The molecule has 0 aliphatic carbocycles. The van der Waals surface area contributed by atoms with Gasteiger partial charge in [-0.15, -0.1) is 0 Å². The Balaban J connectivity index is 1.49. The third-order valence-electron chi connectivity index (χ3n) is 4.07. The van der Waals surface area contributed by atoms with Gasteiger partial charge in [0.05, 0.1) is 0 Å². The van der Waals surface area contributed by atoms with E-state index in [1.165, 1.54) is 18.4 Å². The molecular formula is C22H15FN2O2. The fraction of sp³-hybridized carbons (Fsp3) is 0. The van der Waals surface area contributed by atoms with E-state index in [0.717, 1.165) is 11.1 Å². The van der Waals surface area contributed by atoms with Gasteiger partial charge < -0.3 is 9.73 Å². The van der Waals surface area contributed by atoms with E-state index in [1.807, 2.05) is 30.3 Å². The number of benzene rings is 3. The maximum Gasteiger partial charge on any atom is 0.255 e. The highest BCUT2D eigenvalue weighted by Gasteiger charge is 2.10. The minimum atomic E-state index is -0.296. The zero-order valence-corrected chi connectivity index (χ0v) is 14.2. The molecule has 0 fully saturated rings. The Bertz CT molecular complexity index is 1060. The molecule has 27 heavy (non-hydrogen) atoms. The Labute approximate surface area is 155 Å². The number of nitrogens with one attached hydrogen (secondary N) is 1. The fourth-order valence-electron chi connectivity index (χ4n) is 2.65. The molecule has 0 bridgehead atoms. The molecular weight excluding hydrogens is 343 g/mol. The van der Waals surface area contributed by atoms with Crippen molar-refractivity contribution < 1.29 is 13.6 Å². The molecule has 0 atom stereocenters. The maximum absolute atomic E-state index is 13.0. The molecule has 1 heterocycles. The minimum Gasteiger partial charge on any atom is -0.444 e. The van der Waals surface area contributed by atoms with Crippen molar-refractivity contribution in [3.63, 3.8) is 0 Å². The topological polar surface area (TPSA) is 55.1 Å². The van der Waals surface area contributed by atoms with Crippen LogP contribution in [0.2, 0.25) is 0 Å². The lowest BCUT2D eigenvalue weighted by Crippen LogP contribution is -2.11. The van der Waals surface area contributed by atoms with Crippen LogP contribution < -0.4 is 5.32 Å². The highest BCUT2D eigenvalue weighted by atomic mass is 19.1. The number of hydrogen-bond donors (Lipinski definition) is 1. The monoisotopic (exact) mass is 358 g/mol. The highest BCUT2D eigenvalue weighted by molar-refractivity contribution is 6.04. The Morgan fingerprint density at radius 3 is 2.22 bits per heavy atom. The van der Waals surface area contributed by atoms with E-state index in [4.69, 9.17) is 4.42 Å². The normalized spacial score (nSPS) is 10.6. The van der Waals surface area contributed by atoms with Crippen LogP contribution in [0.15, 0.2) is 89.5 Å². The van der Waals surface area contributed by atoms with Crippen LogP contribution in [0.25, 0.3) is 22.7 Å². The van der Waals surface area contributed by atoms with Crippen molar-refractivity contribution >= 4 is 11.6 Å². The Morgan fingerprint density at radius 2 is 1.52 bits per heavy atom. The molecule has 0 unspecified atom stereocenters. The third-order valence-corrected chi connectivity index (χ3v) is 4.07. The van der Waals surface area contributed by atoms with E-state index >= 15 is 0 Å². The Hall–Kier alpha value is -3.73. The van der Waals surface area contributed by atoms with Crippen molar-refractivity contribution in [1.82, 2.24) is 4.98 Å². The number of carbonyl (C=O) groups is 1. The summed E-state index contributed by atoms with van der Waals surface area (Å²) in [6.07, 6.45) is 1.54. The molecule has 3 aromatic carbocycles. The number of amides is 1. The molecule has 1 aromatic heterocycles.